The van der Waals surface area contributed by atoms with E-state index in [1.807, 2.05) is 32.9 Å². The van der Waals surface area contributed by atoms with Gasteiger partial charge in [-0.3, -0.25) is 9.59 Å². The van der Waals surface area contributed by atoms with E-state index >= 15 is 0 Å². The zero-order chi connectivity index (χ0) is 26.1. The Hall–Kier alpha value is -3.45. The van der Waals surface area contributed by atoms with Crippen molar-refractivity contribution in [3.05, 3.63) is 102 Å². The lowest BCUT2D eigenvalue weighted by molar-refractivity contribution is -0.164. The summed E-state index contributed by atoms with van der Waals surface area (Å²) in [4.78, 5) is 26.7. The van der Waals surface area contributed by atoms with Gasteiger partial charge in [-0.05, 0) is 42.5 Å². The largest absolute Gasteiger partial charge is 0.460 e. The highest BCUT2D eigenvalue weighted by Crippen LogP contribution is 2.30. The molecule has 0 amide bonds. The molecule has 0 radical (unpaired) electrons. The summed E-state index contributed by atoms with van der Waals surface area (Å²) in [7, 11) is -4.07. The summed E-state index contributed by atoms with van der Waals surface area (Å²) in [5.41, 5.74) is 2.35. The number of rotatable bonds is 11. The van der Waals surface area contributed by atoms with E-state index in [2.05, 4.69) is 0 Å². The molecule has 6 nitrogen and oxygen atoms in total. The van der Waals surface area contributed by atoms with Crippen molar-refractivity contribution in [1.82, 2.24) is 0 Å². The predicted octanol–water partition coefficient (Wildman–Crippen LogP) is 5.29. The molecule has 0 aliphatic heterocycles. The molecule has 1 atom stereocenters. The third kappa shape index (κ3) is 7.28. The van der Waals surface area contributed by atoms with Gasteiger partial charge in [-0.2, -0.15) is 0 Å². The van der Waals surface area contributed by atoms with Gasteiger partial charge in [0.2, 0.25) is 0 Å². The first-order valence-corrected chi connectivity index (χ1v) is 13.4. The molecule has 0 heterocycles. The van der Waals surface area contributed by atoms with E-state index in [0.717, 1.165) is 16.7 Å². The van der Waals surface area contributed by atoms with Crippen LogP contribution < -0.4 is 0 Å². The van der Waals surface area contributed by atoms with Crippen LogP contribution >= 0.6 is 0 Å². The van der Waals surface area contributed by atoms with E-state index in [9.17, 15) is 18.0 Å². The van der Waals surface area contributed by atoms with Gasteiger partial charge >= 0.3 is 11.9 Å². The van der Waals surface area contributed by atoms with E-state index in [1.54, 1.807) is 60.7 Å². The van der Waals surface area contributed by atoms with Crippen LogP contribution in [-0.4, -0.2) is 25.6 Å². The van der Waals surface area contributed by atoms with E-state index in [0.29, 0.717) is 0 Å². The minimum atomic E-state index is -4.07. The first-order chi connectivity index (χ1) is 17.2. The third-order valence-corrected chi connectivity index (χ3v) is 7.97. The Morgan fingerprint density at radius 3 is 1.58 bits per heavy atom. The fraction of sp³-hybridized carbons (Fsp3) is 0.310. The lowest BCUT2D eigenvalue weighted by Gasteiger charge is -2.26. The molecular formula is C29H32O6S. The molecule has 1 unspecified atom stereocenters. The van der Waals surface area contributed by atoms with Crippen molar-refractivity contribution in [1.29, 1.82) is 0 Å². The Bertz CT molecular complexity index is 1180. The highest BCUT2D eigenvalue weighted by molar-refractivity contribution is 7.92. The van der Waals surface area contributed by atoms with Crippen LogP contribution in [-0.2, 0) is 42.1 Å². The number of hydrogen-bond acceptors (Lipinski definition) is 6. The number of hydrogen-bond donors (Lipinski definition) is 0. The zero-order valence-corrected chi connectivity index (χ0v) is 21.6. The van der Waals surface area contributed by atoms with Crippen molar-refractivity contribution in [2.24, 2.45) is 11.8 Å². The molecule has 0 bridgehead atoms. The number of carbonyl (C=O) groups excluding carboxylic acids is 2. The first kappa shape index (κ1) is 27.1. The molecule has 3 rings (SSSR count). The number of aryl methyl sites for hydroxylation is 1. The van der Waals surface area contributed by atoms with Crippen LogP contribution in [0.1, 0.15) is 37.0 Å². The Labute approximate surface area is 213 Å². The summed E-state index contributed by atoms with van der Waals surface area (Å²) in [6, 6.07) is 24.4. The topological polar surface area (TPSA) is 86.7 Å². The van der Waals surface area contributed by atoms with Crippen LogP contribution in [0, 0.1) is 18.8 Å². The molecule has 0 saturated heterocycles. The maximum Gasteiger partial charge on any atom is 0.322 e. The Morgan fingerprint density at radius 1 is 0.722 bits per heavy atom. The van der Waals surface area contributed by atoms with Crippen LogP contribution in [0.3, 0.4) is 0 Å². The second-order valence-corrected chi connectivity index (χ2v) is 11.4. The van der Waals surface area contributed by atoms with Gasteiger partial charge in [0, 0.05) is 0 Å². The molecule has 0 N–H and O–H groups in total. The van der Waals surface area contributed by atoms with E-state index < -0.39 is 32.9 Å². The number of esters is 2. The van der Waals surface area contributed by atoms with Crippen molar-refractivity contribution >= 4 is 21.8 Å². The van der Waals surface area contributed by atoms with E-state index in [1.165, 1.54) is 12.1 Å². The SMILES string of the molecule is Cc1ccc(S(=O)(=O)C(CC(C)C)C(C(=O)OCc2ccccc2)C(=O)OCc2ccccc2)cc1. The molecule has 0 aromatic heterocycles. The fourth-order valence-electron chi connectivity index (χ4n) is 3.85. The minimum absolute atomic E-state index is 0.0514. The maximum absolute atomic E-state index is 13.8. The second kappa shape index (κ2) is 12.5. The smallest absolute Gasteiger partial charge is 0.322 e. The molecule has 3 aromatic carbocycles. The summed E-state index contributed by atoms with van der Waals surface area (Å²) in [6.07, 6.45) is 0.0851. The molecule has 36 heavy (non-hydrogen) atoms. The van der Waals surface area contributed by atoms with Gasteiger partial charge in [-0.25, -0.2) is 8.42 Å². The van der Waals surface area contributed by atoms with Gasteiger partial charge in [0.25, 0.3) is 0 Å². The maximum atomic E-state index is 13.8. The van der Waals surface area contributed by atoms with E-state index in [4.69, 9.17) is 9.47 Å². The molecule has 0 aliphatic rings. The molecule has 0 spiro atoms. The number of sulfone groups is 1. The van der Waals surface area contributed by atoms with Gasteiger partial charge in [0.1, 0.15) is 13.2 Å². The Balaban J connectivity index is 1.95. The van der Waals surface area contributed by atoms with Crippen LogP contribution in [0.5, 0.6) is 0 Å². The monoisotopic (exact) mass is 508 g/mol. The van der Waals surface area contributed by atoms with Crippen LogP contribution in [0.2, 0.25) is 0 Å². The van der Waals surface area contributed by atoms with Gasteiger partial charge in [-0.1, -0.05) is 92.2 Å². The van der Waals surface area contributed by atoms with Crippen LogP contribution in [0.15, 0.2) is 89.8 Å². The third-order valence-electron chi connectivity index (χ3n) is 5.78. The molecule has 0 saturated carbocycles. The molecule has 0 aliphatic carbocycles. The number of ether oxygens (including phenoxy) is 2. The lowest BCUT2D eigenvalue weighted by Crippen LogP contribution is -2.43. The van der Waals surface area contributed by atoms with Crippen LogP contribution in [0.25, 0.3) is 0 Å². The van der Waals surface area contributed by atoms with Gasteiger partial charge in [0.15, 0.2) is 15.8 Å². The van der Waals surface area contributed by atoms with Crippen molar-refractivity contribution in [3.8, 4) is 0 Å². The van der Waals surface area contributed by atoms with Crippen molar-refractivity contribution in [2.75, 3.05) is 0 Å². The van der Waals surface area contributed by atoms with Gasteiger partial charge < -0.3 is 9.47 Å². The summed E-state index contributed by atoms with van der Waals surface area (Å²) < 4.78 is 38.5. The summed E-state index contributed by atoms with van der Waals surface area (Å²) in [5.74, 6) is -3.58. The van der Waals surface area contributed by atoms with Gasteiger partial charge in [-0.15, -0.1) is 0 Å². The quantitative estimate of drug-likeness (QED) is 0.259. The van der Waals surface area contributed by atoms with Crippen molar-refractivity contribution in [2.45, 2.75) is 50.6 Å². The van der Waals surface area contributed by atoms with Crippen molar-refractivity contribution in [3.63, 3.8) is 0 Å². The summed E-state index contributed by atoms with van der Waals surface area (Å²) in [6.45, 7) is 5.38. The van der Waals surface area contributed by atoms with Gasteiger partial charge in [0.05, 0.1) is 10.1 Å². The molecule has 0 fully saturated rings. The summed E-state index contributed by atoms with van der Waals surface area (Å²) in [5, 5.41) is -1.34. The minimum Gasteiger partial charge on any atom is -0.460 e. The zero-order valence-electron chi connectivity index (χ0n) is 20.8. The average molecular weight is 509 g/mol. The average Bonchev–Trinajstić information content (AvgIpc) is 2.87. The fourth-order valence-corrected chi connectivity index (χ4v) is 5.93. The molecule has 7 heteroatoms. The first-order valence-electron chi connectivity index (χ1n) is 11.9. The summed E-state index contributed by atoms with van der Waals surface area (Å²) >= 11 is 0. The Kier molecular flexibility index (Phi) is 9.42. The van der Waals surface area contributed by atoms with Crippen molar-refractivity contribution < 1.29 is 27.5 Å². The normalized spacial score (nSPS) is 12.4. The number of benzene rings is 3. The second-order valence-electron chi connectivity index (χ2n) is 9.19. The highest BCUT2D eigenvalue weighted by atomic mass is 32.2. The van der Waals surface area contributed by atoms with E-state index in [-0.39, 0.29) is 30.4 Å². The lowest BCUT2D eigenvalue weighted by atomic mass is 9.97. The highest BCUT2D eigenvalue weighted by Gasteiger charge is 2.45. The number of carbonyl (C=O) groups is 2. The van der Waals surface area contributed by atoms with Crippen LogP contribution in [0.4, 0.5) is 0 Å². The molecule has 3 aromatic rings. The molecular weight excluding hydrogens is 476 g/mol. The standard InChI is InChI=1S/C29H32O6S/c1-21(2)18-26(36(32,33)25-16-14-22(3)15-17-25)27(28(30)34-19-23-10-6-4-7-11-23)29(31)35-20-24-12-8-5-9-13-24/h4-17,21,26-27H,18-20H2,1-3H3. The Morgan fingerprint density at radius 2 is 1.17 bits per heavy atom. The molecule has 190 valence electrons. The predicted molar refractivity (Wildman–Crippen MR) is 138 cm³/mol.